The van der Waals surface area contributed by atoms with Crippen LogP contribution >= 0.6 is 11.3 Å². The first kappa shape index (κ1) is 11.2. The van der Waals surface area contributed by atoms with E-state index in [9.17, 15) is 0 Å². The lowest BCUT2D eigenvalue weighted by Crippen LogP contribution is -2.21. The molecule has 92 valence electrons. The van der Waals surface area contributed by atoms with E-state index in [4.69, 9.17) is 0 Å². The largest absolute Gasteiger partial charge is 0.311 e. The lowest BCUT2D eigenvalue weighted by Gasteiger charge is -2.10. The second kappa shape index (κ2) is 4.78. The number of aromatic nitrogens is 2. The van der Waals surface area contributed by atoms with Gasteiger partial charge in [-0.1, -0.05) is 12.8 Å². The van der Waals surface area contributed by atoms with Crippen LogP contribution in [0.25, 0.3) is 4.96 Å². The summed E-state index contributed by atoms with van der Waals surface area (Å²) in [4.78, 5) is 5.68. The Bertz CT molecular complexity index is 494. The number of aryl methyl sites for hydroxylation is 1. The van der Waals surface area contributed by atoms with Crippen LogP contribution in [0.5, 0.6) is 0 Å². The third-order valence-corrected chi connectivity index (χ3v) is 4.52. The van der Waals surface area contributed by atoms with Crippen LogP contribution in [0.2, 0.25) is 0 Å². The Morgan fingerprint density at radius 3 is 3.12 bits per heavy atom. The summed E-state index contributed by atoms with van der Waals surface area (Å²) in [6.45, 7) is 4.21. The molecule has 0 amide bonds. The van der Waals surface area contributed by atoms with Gasteiger partial charge in [-0.15, -0.1) is 11.3 Å². The van der Waals surface area contributed by atoms with Crippen molar-refractivity contribution in [2.45, 2.75) is 39.2 Å². The fourth-order valence-electron chi connectivity index (χ4n) is 2.76. The molecule has 0 saturated heterocycles. The first-order chi connectivity index (χ1) is 8.34. The molecule has 1 aliphatic rings. The van der Waals surface area contributed by atoms with Crippen LogP contribution in [0, 0.1) is 12.8 Å². The number of nitrogens with zero attached hydrogens (tertiary/aromatic N) is 2. The fraction of sp³-hybridized carbons (Fsp3) is 0.615. The van der Waals surface area contributed by atoms with E-state index in [1.807, 2.05) is 0 Å². The molecule has 2 aromatic heterocycles. The maximum atomic E-state index is 4.57. The summed E-state index contributed by atoms with van der Waals surface area (Å²) in [6, 6.07) is 0. The second-order valence-electron chi connectivity index (χ2n) is 4.98. The normalized spacial score (nSPS) is 17.2. The molecule has 2 aromatic rings. The molecule has 0 aliphatic heterocycles. The monoisotopic (exact) mass is 249 g/mol. The molecule has 4 heteroatoms. The van der Waals surface area contributed by atoms with E-state index in [0.717, 1.165) is 29.7 Å². The van der Waals surface area contributed by atoms with Crippen molar-refractivity contribution in [1.82, 2.24) is 14.7 Å². The molecule has 3 nitrogen and oxygen atoms in total. The maximum Gasteiger partial charge on any atom is 0.194 e. The predicted octanol–water partition coefficient (Wildman–Crippen LogP) is 2.98. The quantitative estimate of drug-likeness (QED) is 0.902. The van der Waals surface area contributed by atoms with E-state index in [-0.39, 0.29) is 0 Å². The fourth-order valence-corrected chi connectivity index (χ4v) is 3.54. The average Bonchev–Trinajstić information content (AvgIpc) is 2.98. The smallest absolute Gasteiger partial charge is 0.194 e. The van der Waals surface area contributed by atoms with Gasteiger partial charge in [-0.3, -0.25) is 4.40 Å². The van der Waals surface area contributed by atoms with Gasteiger partial charge >= 0.3 is 0 Å². The van der Waals surface area contributed by atoms with Gasteiger partial charge in [0, 0.05) is 18.1 Å². The molecule has 17 heavy (non-hydrogen) atoms. The Morgan fingerprint density at radius 1 is 1.47 bits per heavy atom. The van der Waals surface area contributed by atoms with Crippen LogP contribution in [0.4, 0.5) is 0 Å². The minimum Gasteiger partial charge on any atom is -0.311 e. The number of hydrogen-bond donors (Lipinski definition) is 1. The molecule has 0 bridgehead atoms. The third kappa shape index (κ3) is 2.24. The summed E-state index contributed by atoms with van der Waals surface area (Å²) >= 11 is 1.71. The lowest BCUT2D eigenvalue weighted by atomic mass is 10.1. The Labute approximate surface area is 106 Å². The van der Waals surface area contributed by atoms with Crippen LogP contribution in [-0.4, -0.2) is 15.9 Å². The molecule has 0 spiro atoms. The topological polar surface area (TPSA) is 29.3 Å². The standard InChI is InChI=1S/C13H19N3S/c1-10-12(16-6-7-17-13(16)15-10)9-14-8-11-4-2-3-5-11/h6-7,11,14H,2-5,8-9H2,1H3. The molecular weight excluding hydrogens is 230 g/mol. The van der Waals surface area contributed by atoms with Gasteiger partial charge in [0.1, 0.15) is 0 Å². The van der Waals surface area contributed by atoms with Crippen molar-refractivity contribution in [2.24, 2.45) is 5.92 Å². The van der Waals surface area contributed by atoms with Crippen molar-refractivity contribution >= 4 is 16.3 Å². The zero-order valence-electron chi connectivity index (χ0n) is 10.3. The molecule has 0 unspecified atom stereocenters. The highest BCUT2D eigenvalue weighted by Gasteiger charge is 2.15. The number of hydrogen-bond acceptors (Lipinski definition) is 3. The Morgan fingerprint density at radius 2 is 2.29 bits per heavy atom. The highest BCUT2D eigenvalue weighted by molar-refractivity contribution is 7.15. The van der Waals surface area contributed by atoms with E-state index in [2.05, 4.69) is 33.2 Å². The first-order valence-electron chi connectivity index (χ1n) is 6.46. The van der Waals surface area contributed by atoms with Crippen molar-refractivity contribution in [3.8, 4) is 0 Å². The molecule has 0 atom stereocenters. The van der Waals surface area contributed by atoms with Gasteiger partial charge in [0.15, 0.2) is 4.96 Å². The minimum absolute atomic E-state index is 0.904. The molecule has 1 aliphatic carbocycles. The highest BCUT2D eigenvalue weighted by atomic mass is 32.1. The van der Waals surface area contributed by atoms with Gasteiger partial charge in [-0.25, -0.2) is 4.98 Å². The predicted molar refractivity (Wildman–Crippen MR) is 71.5 cm³/mol. The summed E-state index contributed by atoms with van der Waals surface area (Å²) in [5, 5.41) is 5.70. The molecule has 1 fully saturated rings. The van der Waals surface area contributed by atoms with E-state index in [1.165, 1.54) is 31.4 Å². The van der Waals surface area contributed by atoms with Crippen molar-refractivity contribution in [3.05, 3.63) is 23.0 Å². The van der Waals surface area contributed by atoms with Gasteiger partial charge in [0.2, 0.25) is 0 Å². The van der Waals surface area contributed by atoms with Crippen molar-refractivity contribution < 1.29 is 0 Å². The number of thiazole rings is 1. The Kier molecular flexibility index (Phi) is 3.16. The molecule has 0 aromatic carbocycles. The van der Waals surface area contributed by atoms with Gasteiger partial charge in [-0.2, -0.15) is 0 Å². The Balaban J connectivity index is 1.63. The lowest BCUT2D eigenvalue weighted by molar-refractivity contribution is 0.486. The van der Waals surface area contributed by atoms with Crippen molar-refractivity contribution in [3.63, 3.8) is 0 Å². The number of rotatable bonds is 4. The number of imidazole rings is 1. The van der Waals surface area contributed by atoms with Crippen LogP contribution in [0.1, 0.15) is 37.1 Å². The van der Waals surface area contributed by atoms with Crippen LogP contribution < -0.4 is 5.32 Å². The second-order valence-corrected chi connectivity index (χ2v) is 5.85. The van der Waals surface area contributed by atoms with Crippen LogP contribution in [0.15, 0.2) is 11.6 Å². The number of nitrogens with one attached hydrogen (secondary N) is 1. The van der Waals surface area contributed by atoms with E-state index >= 15 is 0 Å². The zero-order valence-corrected chi connectivity index (χ0v) is 11.1. The maximum absolute atomic E-state index is 4.57. The van der Waals surface area contributed by atoms with Gasteiger partial charge in [0.05, 0.1) is 11.4 Å². The summed E-state index contributed by atoms with van der Waals surface area (Å²) in [5.74, 6) is 0.904. The molecule has 1 N–H and O–H groups in total. The SMILES string of the molecule is Cc1nc2sccn2c1CNCC1CCCC1. The van der Waals surface area contributed by atoms with E-state index in [0.29, 0.717) is 0 Å². The zero-order chi connectivity index (χ0) is 11.7. The average molecular weight is 249 g/mol. The summed E-state index contributed by atoms with van der Waals surface area (Å²) in [5.41, 5.74) is 2.48. The Hall–Kier alpha value is -0.870. The van der Waals surface area contributed by atoms with Crippen LogP contribution in [0.3, 0.4) is 0 Å². The van der Waals surface area contributed by atoms with E-state index in [1.54, 1.807) is 11.3 Å². The molecule has 3 rings (SSSR count). The minimum atomic E-state index is 0.904. The molecule has 1 saturated carbocycles. The third-order valence-electron chi connectivity index (χ3n) is 3.76. The summed E-state index contributed by atoms with van der Waals surface area (Å²) < 4.78 is 2.21. The van der Waals surface area contributed by atoms with Crippen molar-refractivity contribution in [1.29, 1.82) is 0 Å². The van der Waals surface area contributed by atoms with E-state index < -0.39 is 0 Å². The van der Waals surface area contributed by atoms with Gasteiger partial charge < -0.3 is 5.32 Å². The molecular formula is C13H19N3S. The summed E-state index contributed by atoms with van der Waals surface area (Å²) in [7, 11) is 0. The van der Waals surface area contributed by atoms with Gasteiger partial charge in [-0.05, 0) is 32.2 Å². The molecule has 0 radical (unpaired) electrons. The molecule has 2 heterocycles. The first-order valence-corrected chi connectivity index (χ1v) is 7.34. The highest BCUT2D eigenvalue weighted by Crippen LogP contribution is 2.24. The number of fused-ring (bicyclic) bond motifs is 1. The van der Waals surface area contributed by atoms with Crippen LogP contribution in [-0.2, 0) is 6.54 Å². The van der Waals surface area contributed by atoms with Gasteiger partial charge in [0.25, 0.3) is 0 Å². The van der Waals surface area contributed by atoms with Crippen molar-refractivity contribution in [2.75, 3.05) is 6.54 Å². The summed E-state index contributed by atoms with van der Waals surface area (Å²) in [6.07, 6.45) is 7.78.